The van der Waals surface area contributed by atoms with Crippen LogP contribution in [0.3, 0.4) is 0 Å². The van der Waals surface area contributed by atoms with Crippen LogP contribution >= 0.6 is 0 Å². The van der Waals surface area contributed by atoms with E-state index < -0.39 is 0 Å². The molecule has 0 amide bonds. The van der Waals surface area contributed by atoms with Gasteiger partial charge in [0.1, 0.15) is 11.2 Å². The first kappa shape index (κ1) is 40.1. The first-order valence-corrected chi connectivity index (χ1v) is 24.6. The van der Waals surface area contributed by atoms with Gasteiger partial charge in [0.2, 0.25) is 5.95 Å². The van der Waals surface area contributed by atoms with Crippen LogP contribution in [0.5, 0.6) is 0 Å². The van der Waals surface area contributed by atoms with Crippen LogP contribution in [0.2, 0.25) is 0 Å². The van der Waals surface area contributed by atoms with E-state index in [-0.39, 0.29) is 10.8 Å². The summed E-state index contributed by atoms with van der Waals surface area (Å²) in [6.45, 7) is 9.34. The first-order chi connectivity index (χ1) is 34.7. The molecule has 0 saturated heterocycles. The van der Waals surface area contributed by atoms with Crippen molar-refractivity contribution in [2.75, 3.05) is 4.90 Å². The molecule has 0 radical (unpaired) electrons. The summed E-state index contributed by atoms with van der Waals surface area (Å²) in [6, 6.07) is 75.1. The lowest BCUT2D eigenvalue weighted by Crippen LogP contribution is -2.24. The lowest BCUT2D eigenvalue weighted by molar-refractivity contribution is 0.643. The Labute approximate surface area is 410 Å². The van der Waals surface area contributed by atoms with E-state index in [4.69, 9.17) is 14.4 Å². The summed E-state index contributed by atoms with van der Waals surface area (Å²) < 4.78 is 8.84. The number of rotatable bonds is 5. The van der Waals surface area contributed by atoms with Crippen molar-refractivity contribution in [1.29, 1.82) is 0 Å². The minimum absolute atomic E-state index is 0.169. The molecule has 15 rings (SSSR count). The number of hydrogen-bond acceptors (Lipinski definition) is 4. The van der Waals surface area contributed by atoms with Crippen LogP contribution in [-0.2, 0) is 10.8 Å². The molecule has 0 N–H and O–H groups in total. The summed E-state index contributed by atoms with van der Waals surface area (Å²) in [5.41, 5.74) is 19.9. The topological polar surface area (TPSA) is 47.1 Å². The molecule has 0 atom stereocenters. The monoisotopic (exact) mass is 910 g/mol. The highest BCUT2D eigenvalue weighted by Gasteiger charge is 2.37. The molecule has 13 aromatic rings. The zero-order valence-electron chi connectivity index (χ0n) is 39.8. The Morgan fingerprint density at radius 2 is 1.07 bits per heavy atom. The van der Waals surface area contributed by atoms with E-state index in [9.17, 15) is 0 Å². The Morgan fingerprint density at radius 3 is 1.93 bits per heavy atom. The first-order valence-electron chi connectivity index (χ1n) is 24.6. The molecule has 3 aromatic heterocycles. The van der Waals surface area contributed by atoms with Gasteiger partial charge in [0, 0.05) is 71.3 Å². The molecule has 5 nitrogen and oxygen atoms in total. The molecule has 71 heavy (non-hydrogen) atoms. The van der Waals surface area contributed by atoms with Crippen molar-refractivity contribution in [3.63, 3.8) is 0 Å². The highest BCUT2D eigenvalue weighted by Crippen LogP contribution is 2.52. The second-order valence-electron chi connectivity index (χ2n) is 20.5. The molecule has 0 saturated carbocycles. The molecule has 2 aliphatic carbocycles. The van der Waals surface area contributed by atoms with E-state index in [2.05, 4.69) is 231 Å². The van der Waals surface area contributed by atoms with E-state index >= 15 is 0 Å². The van der Waals surface area contributed by atoms with Gasteiger partial charge < -0.3 is 9.32 Å². The van der Waals surface area contributed by atoms with Crippen LogP contribution in [0.25, 0.3) is 105 Å². The van der Waals surface area contributed by atoms with E-state index in [0.717, 1.165) is 99.5 Å². The van der Waals surface area contributed by atoms with Crippen molar-refractivity contribution in [3.05, 3.63) is 229 Å². The van der Waals surface area contributed by atoms with Crippen molar-refractivity contribution in [2.45, 2.75) is 38.5 Å². The third kappa shape index (κ3) is 5.57. The van der Waals surface area contributed by atoms with Crippen LogP contribution in [0.15, 0.2) is 211 Å². The number of furan rings is 1. The van der Waals surface area contributed by atoms with Gasteiger partial charge in [-0.3, -0.25) is 4.57 Å². The minimum atomic E-state index is -0.194. The van der Waals surface area contributed by atoms with Gasteiger partial charge in [-0.2, -0.15) is 0 Å². The standard InChI is InChI=1S/C66H46N4O/c1-65(2)54-23-11-8-19-51(54)61-60-55(65)24-14-25-57(60)67-64(68-61)70-58-36-33-42(37-52(58)49-34-29-39-15-5-6-16-44(39)62(49)70)69(43-32-35-47-46-17-7-10-22-53(46)66(3,4)56(47)38-43)41-30-27-40(28-31-41)45-20-13-21-50-48-18-9-12-26-59(48)71-63(45)50/h5-38H,1-4H3. The number of hydrogen-bond donors (Lipinski definition) is 0. The summed E-state index contributed by atoms with van der Waals surface area (Å²) in [5.74, 6) is 0.663. The van der Waals surface area contributed by atoms with Crippen molar-refractivity contribution < 1.29 is 4.42 Å². The SMILES string of the molecule is CC1(C)c2ccccc2-c2ccc(N(c3ccc(-c4cccc5c4oc4ccccc45)cc3)c3ccc4c(c3)c3ccc5ccccc5c3n4-c3nc4c5c(cccc5n3)C(C)(C)c3ccccc3-4)cc21. The average Bonchev–Trinajstić information content (AvgIpc) is 4.03. The summed E-state index contributed by atoms with van der Waals surface area (Å²) in [5, 5.41) is 7.98. The third-order valence-corrected chi connectivity index (χ3v) is 16.0. The van der Waals surface area contributed by atoms with Gasteiger partial charge in [-0.25, -0.2) is 9.97 Å². The number of anilines is 3. The lowest BCUT2D eigenvalue weighted by Gasteiger charge is -2.34. The molecular weight excluding hydrogens is 865 g/mol. The van der Waals surface area contributed by atoms with Crippen LogP contribution in [0.4, 0.5) is 17.1 Å². The van der Waals surface area contributed by atoms with Gasteiger partial charge in [0.05, 0.1) is 22.2 Å². The van der Waals surface area contributed by atoms with Gasteiger partial charge in [0.25, 0.3) is 0 Å². The van der Waals surface area contributed by atoms with Crippen molar-refractivity contribution in [3.8, 4) is 39.5 Å². The van der Waals surface area contributed by atoms with Crippen molar-refractivity contribution in [1.82, 2.24) is 14.5 Å². The zero-order valence-corrected chi connectivity index (χ0v) is 39.8. The maximum atomic E-state index is 6.52. The molecule has 3 heterocycles. The van der Waals surface area contributed by atoms with Crippen LogP contribution in [0.1, 0.15) is 49.9 Å². The molecule has 5 heteroatoms. The normalized spacial score (nSPS) is 14.1. The summed E-state index contributed by atoms with van der Waals surface area (Å²) >= 11 is 0. The largest absolute Gasteiger partial charge is 0.455 e. The zero-order chi connectivity index (χ0) is 47.3. The molecule has 10 aromatic carbocycles. The van der Waals surface area contributed by atoms with Crippen LogP contribution < -0.4 is 4.90 Å². The summed E-state index contributed by atoms with van der Waals surface area (Å²) in [4.78, 5) is 13.5. The Kier molecular flexibility index (Phi) is 8.13. The van der Waals surface area contributed by atoms with Gasteiger partial charge in [-0.15, -0.1) is 0 Å². The minimum Gasteiger partial charge on any atom is -0.455 e. The second kappa shape index (κ2) is 14.4. The maximum Gasteiger partial charge on any atom is 0.235 e. The second-order valence-corrected chi connectivity index (χ2v) is 20.5. The number of aromatic nitrogens is 3. The van der Waals surface area contributed by atoms with Crippen molar-refractivity contribution >= 4 is 82.5 Å². The lowest BCUT2D eigenvalue weighted by atomic mass is 9.70. The Balaban J connectivity index is 0.956. The number of benzene rings is 10. The van der Waals surface area contributed by atoms with Gasteiger partial charge >= 0.3 is 0 Å². The fourth-order valence-electron chi connectivity index (χ4n) is 12.5. The Hall–Kier alpha value is -8.80. The molecule has 0 unspecified atom stereocenters. The molecule has 336 valence electrons. The summed E-state index contributed by atoms with van der Waals surface area (Å²) in [6.07, 6.45) is 0. The van der Waals surface area contributed by atoms with E-state index in [1.54, 1.807) is 0 Å². The Bertz CT molecular complexity index is 4420. The van der Waals surface area contributed by atoms with Crippen LogP contribution in [-0.4, -0.2) is 14.5 Å². The van der Waals surface area contributed by atoms with Gasteiger partial charge in [-0.1, -0.05) is 179 Å². The smallest absolute Gasteiger partial charge is 0.235 e. The number of fused-ring (bicyclic) bond motifs is 13. The average molecular weight is 911 g/mol. The molecule has 0 fully saturated rings. The van der Waals surface area contributed by atoms with Crippen molar-refractivity contribution in [2.24, 2.45) is 0 Å². The fourth-order valence-corrected chi connectivity index (χ4v) is 12.5. The predicted octanol–water partition coefficient (Wildman–Crippen LogP) is 17.5. The quantitative estimate of drug-likeness (QED) is 0.173. The molecular formula is C66H46N4O. The maximum absolute atomic E-state index is 6.52. The molecule has 0 spiro atoms. The van der Waals surface area contributed by atoms with E-state index in [0.29, 0.717) is 5.95 Å². The molecule has 2 aliphatic rings. The number of nitrogens with zero attached hydrogens (tertiary/aromatic N) is 4. The summed E-state index contributed by atoms with van der Waals surface area (Å²) in [7, 11) is 0. The fraction of sp³-hybridized carbons (Fsp3) is 0.0909. The van der Waals surface area contributed by atoms with E-state index in [1.807, 2.05) is 12.1 Å². The van der Waals surface area contributed by atoms with E-state index in [1.165, 1.54) is 38.8 Å². The molecule has 0 bridgehead atoms. The highest BCUT2D eigenvalue weighted by atomic mass is 16.3. The predicted molar refractivity (Wildman–Crippen MR) is 294 cm³/mol. The third-order valence-electron chi connectivity index (χ3n) is 16.0. The Morgan fingerprint density at radius 1 is 0.437 bits per heavy atom. The van der Waals surface area contributed by atoms with Crippen LogP contribution in [0, 0.1) is 0 Å². The van der Waals surface area contributed by atoms with Gasteiger partial charge in [-0.05, 0) is 98.9 Å². The number of para-hydroxylation sites is 2. The highest BCUT2D eigenvalue weighted by molar-refractivity contribution is 6.19. The van der Waals surface area contributed by atoms with Gasteiger partial charge in [0.15, 0.2) is 0 Å². The molecule has 0 aliphatic heterocycles.